The number of benzene rings is 4. The Morgan fingerprint density at radius 3 is 2.18 bits per heavy atom. The number of hydrogen-bond acceptors (Lipinski definition) is 4. The number of sulfonamides is 1. The highest BCUT2D eigenvalue weighted by atomic mass is 35.5. The van der Waals surface area contributed by atoms with E-state index in [1.165, 1.54) is 29.2 Å². The minimum Gasteiger partial charge on any atom is -0.352 e. The Bertz CT molecular complexity index is 1720. The maximum absolute atomic E-state index is 14.5. The lowest BCUT2D eigenvalue weighted by Gasteiger charge is -2.34. The van der Waals surface area contributed by atoms with Gasteiger partial charge in [-0.15, -0.1) is 0 Å². The number of rotatable bonds is 13. The van der Waals surface area contributed by atoms with Gasteiger partial charge >= 0.3 is 0 Å². The van der Waals surface area contributed by atoms with Crippen molar-refractivity contribution in [3.05, 3.63) is 130 Å². The number of anilines is 1. The average molecular weight is 667 g/mol. The first-order chi connectivity index (χ1) is 21.5. The van der Waals surface area contributed by atoms with Crippen LogP contribution >= 0.6 is 23.2 Å². The van der Waals surface area contributed by atoms with Crippen LogP contribution in [-0.4, -0.2) is 43.8 Å². The lowest BCUT2D eigenvalue weighted by Crippen LogP contribution is -2.54. The fraction of sp³-hybridized carbons (Fsp3) is 0.257. The zero-order valence-corrected chi connectivity index (χ0v) is 27.8. The molecule has 0 radical (unpaired) electrons. The van der Waals surface area contributed by atoms with Gasteiger partial charge in [0.1, 0.15) is 12.6 Å². The molecule has 0 bridgehead atoms. The average Bonchev–Trinajstić information content (AvgIpc) is 3.02. The summed E-state index contributed by atoms with van der Waals surface area (Å²) >= 11 is 12.6. The molecule has 0 aliphatic rings. The summed E-state index contributed by atoms with van der Waals surface area (Å²) in [6, 6.07) is 28.1. The molecule has 7 nitrogen and oxygen atoms in total. The van der Waals surface area contributed by atoms with Crippen molar-refractivity contribution in [3.8, 4) is 0 Å². The van der Waals surface area contributed by atoms with Crippen molar-refractivity contribution < 1.29 is 18.0 Å². The molecule has 2 atom stereocenters. The van der Waals surface area contributed by atoms with Gasteiger partial charge in [-0.1, -0.05) is 90.8 Å². The molecule has 4 aromatic rings. The van der Waals surface area contributed by atoms with Crippen LogP contribution in [0, 0.1) is 6.92 Å². The largest absolute Gasteiger partial charge is 0.352 e. The van der Waals surface area contributed by atoms with E-state index in [2.05, 4.69) is 5.32 Å². The molecular weight excluding hydrogens is 629 g/mol. The van der Waals surface area contributed by atoms with Crippen LogP contribution in [0.15, 0.2) is 108 Å². The third kappa shape index (κ3) is 8.87. The number of amides is 2. The molecule has 236 valence electrons. The standard InChI is InChI=1S/C35H37Cl2N3O4S/c1-4-26(3)38-35(42)33(22-27-12-6-5-7-13-27)39(23-28-14-8-9-16-32(28)37)34(41)24-40(30-15-10-11-25(2)21-30)45(43,44)31-19-17-29(36)18-20-31/h5-21,26,33H,4,22-24H2,1-3H3,(H,38,42)/t26-,33+/m1/s1. The highest BCUT2D eigenvalue weighted by Crippen LogP contribution is 2.27. The molecule has 10 heteroatoms. The molecule has 4 aromatic carbocycles. The van der Waals surface area contributed by atoms with Gasteiger partial charge in [0.15, 0.2) is 0 Å². The zero-order valence-electron chi connectivity index (χ0n) is 25.5. The number of hydrogen-bond donors (Lipinski definition) is 1. The molecule has 0 aliphatic heterocycles. The lowest BCUT2D eigenvalue weighted by atomic mass is 10.0. The molecule has 0 unspecified atom stereocenters. The van der Waals surface area contributed by atoms with Crippen molar-refractivity contribution in [2.45, 2.75) is 57.1 Å². The number of carbonyl (C=O) groups is 2. The van der Waals surface area contributed by atoms with Crippen LogP contribution < -0.4 is 9.62 Å². The second kappa shape index (κ2) is 15.4. The molecule has 1 N–H and O–H groups in total. The molecule has 0 saturated heterocycles. The second-order valence-electron chi connectivity index (χ2n) is 10.9. The molecule has 4 rings (SSSR count). The highest BCUT2D eigenvalue weighted by molar-refractivity contribution is 7.92. The van der Waals surface area contributed by atoms with E-state index in [1.807, 2.05) is 57.2 Å². The van der Waals surface area contributed by atoms with Crippen LogP contribution in [0.2, 0.25) is 10.0 Å². The van der Waals surface area contributed by atoms with E-state index < -0.39 is 28.5 Å². The molecule has 0 saturated carbocycles. The number of nitrogens with one attached hydrogen (secondary N) is 1. The summed E-state index contributed by atoms with van der Waals surface area (Å²) in [5.74, 6) is -0.898. The molecule has 2 amide bonds. The minimum atomic E-state index is -4.22. The predicted octanol–water partition coefficient (Wildman–Crippen LogP) is 7.05. The lowest BCUT2D eigenvalue weighted by molar-refractivity contribution is -0.140. The van der Waals surface area contributed by atoms with Gasteiger partial charge in [0.25, 0.3) is 10.0 Å². The maximum Gasteiger partial charge on any atom is 0.264 e. The molecule has 0 spiro atoms. The van der Waals surface area contributed by atoms with Gasteiger partial charge in [-0.25, -0.2) is 8.42 Å². The predicted molar refractivity (Wildman–Crippen MR) is 181 cm³/mol. The van der Waals surface area contributed by atoms with Crippen LogP contribution in [-0.2, 0) is 32.6 Å². The van der Waals surface area contributed by atoms with Crippen LogP contribution in [0.3, 0.4) is 0 Å². The van der Waals surface area contributed by atoms with E-state index in [9.17, 15) is 18.0 Å². The highest BCUT2D eigenvalue weighted by Gasteiger charge is 2.35. The Balaban J connectivity index is 1.82. The van der Waals surface area contributed by atoms with Crippen LogP contribution in [0.4, 0.5) is 5.69 Å². The minimum absolute atomic E-state index is 0.00736. The first-order valence-electron chi connectivity index (χ1n) is 14.7. The molecule has 0 aromatic heterocycles. The summed E-state index contributed by atoms with van der Waals surface area (Å²) in [5.41, 5.74) is 2.62. The van der Waals surface area contributed by atoms with Gasteiger partial charge in [0, 0.05) is 29.1 Å². The first-order valence-corrected chi connectivity index (χ1v) is 16.9. The van der Waals surface area contributed by atoms with E-state index in [0.29, 0.717) is 27.7 Å². The van der Waals surface area contributed by atoms with Crippen molar-refractivity contribution in [2.24, 2.45) is 0 Å². The Hall–Kier alpha value is -3.85. The van der Waals surface area contributed by atoms with Crippen molar-refractivity contribution in [3.63, 3.8) is 0 Å². The summed E-state index contributed by atoms with van der Waals surface area (Å²) in [6.07, 6.45) is 0.913. The van der Waals surface area contributed by atoms with Crippen molar-refractivity contribution in [1.82, 2.24) is 10.2 Å². The number of carbonyl (C=O) groups excluding carboxylic acids is 2. The van der Waals surface area contributed by atoms with Gasteiger partial charge < -0.3 is 10.2 Å². The quantitative estimate of drug-likeness (QED) is 0.166. The molecule has 0 heterocycles. The van der Waals surface area contributed by atoms with Gasteiger partial charge in [-0.2, -0.15) is 0 Å². The Morgan fingerprint density at radius 1 is 0.867 bits per heavy atom. The topological polar surface area (TPSA) is 86.8 Å². The molecule has 45 heavy (non-hydrogen) atoms. The van der Waals surface area contributed by atoms with Gasteiger partial charge in [-0.05, 0) is 79.4 Å². The molecule has 0 fully saturated rings. The maximum atomic E-state index is 14.5. The van der Waals surface area contributed by atoms with E-state index in [1.54, 1.807) is 42.5 Å². The normalized spacial score (nSPS) is 12.6. The first kappa shape index (κ1) is 34.0. The Kier molecular flexibility index (Phi) is 11.7. The number of halogens is 2. The third-order valence-electron chi connectivity index (χ3n) is 7.54. The fourth-order valence-corrected chi connectivity index (χ4v) is 6.58. The van der Waals surface area contributed by atoms with E-state index >= 15 is 0 Å². The summed E-state index contributed by atoms with van der Waals surface area (Å²) in [7, 11) is -4.22. The van der Waals surface area contributed by atoms with E-state index in [4.69, 9.17) is 23.2 Å². The van der Waals surface area contributed by atoms with Gasteiger partial charge in [0.2, 0.25) is 11.8 Å². The second-order valence-corrected chi connectivity index (χ2v) is 13.6. The molecular formula is C35H37Cl2N3O4S. The van der Waals surface area contributed by atoms with Crippen LogP contribution in [0.1, 0.15) is 37.0 Å². The summed E-state index contributed by atoms with van der Waals surface area (Å²) in [4.78, 5) is 29.9. The Labute approximate surface area is 275 Å². The molecule has 0 aliphatic carbocycles. The van der Waals surface area contributed by atoms with Crippen molar-refractivity contribution >= 4 is 50.7 Å². The fourth-order valence-electron chi connectivity index (χ4n) is 4.85. The van der Waals surface area contributed by atoms with Gasteiger partial charge in [0.05, 0.1) is 10.6 Å². The SMILES string of the molecule is CC[C@@H](C)NC(=O)[C@H](Cc1ccccc1)N(Cc1ccccc1Cl)C(=O)CN(c1cccc(C)c1)S(=O)(=O)c1ccc(Cl)cc1. The monoisotopic (exact) mass is 665 g/mol. The van der Waals surface area contributed by atoms with Gasteiger partial charge in [-0.3, -0.25) is 13.9 Å². The number of aryl methyl sites for hydroxylation is 1. The van der Waals surface area contributed by atoms with E-state index in [0.717, 1.165) is 15.4 Å². The van der Waals surface area contributed by atoms with Crippen LogP contribution in [0.25, 0.3) is 0 Å². The third-order valence-corrected chi connectivity index (χ3v) is 9.95. The summed E-state index contributed by atoms with van der Waals surface area (Å²) in [5, 5.41) is 3.84. The number of nitrogens with zero attached hydrogens (tertiary/aromatic N) is 2. The van der Waals surface area contributed by atoms with E-state index in [-0.39, 0.29) is 29.8 Å². The summed E-state index contributed by atoms with van der Waals surface area (Å²) in [6.45, 7) is 5.14. The smallest absolute Gasteiger partial charge is 0.264 e. The van der Waals surface area contributed by atoms with Crippen molar-refractivity contribution in [2.75, 3.05) is 10.8 Å². The Morgan fingerprint density at radius 2 is 1.53 bits per heavy atom. The van der Waals surface area contributed by atoms with Crippen LogP contribution in [0.5, 0.6) is 0 Å². The van der Waals surface area contributed by atoms with Crippen molar-refractivity contribution in [1.29, 1.82) is 0 Å². The zero-order chi connectivity index (χ0) is 32.6. The summed E-state index contributed by atoms with van der Waals surface area (Å²) < 4.78 is 29.3.